The molecule has 0 aromatic heterocycles. The van der Waals surface area contributed by atoms with Crippen LogP contribution in [-0.2, 0) is 11.3 Å². The summed E-state index contributed by atoms with van der Waals surface area (Å²) in [6, 6.07) is 3.63. The summed E-state index contributed by atoms with van der Waals surface area (Å²) in [5.74, 6) is -1.76. The van der Waals surface area contributed by atoms with Crippen LogP contribution in [-0.4, -0.2) is 18.7 Å². The number of nitrogens with one attached hydrogen (secondary N) is 2. The van der Waals surface area contributed by atoms with Crippen LogP contribution >= 0.6 is 0 Å². The summed E-state index contributed by atoms with van der Waals surface area (Å²) >= 11 is 0. The van der Waals surface area contributed by atoms with Gasteiger partial charge in [0.05, 0.1) is 0 Å². The zero-order valence-electron chi connectivity index (χ0n) is 14.2. The Balaban J connectivity index is 2.84. The first-order chi connectivity index (χ1) is 11.3. The maximum Gasteiger partial charge on any atom is 0.275 e. The molecular formula is C17H22F2N4O. The molecule has 0 aliphatic carbocycles. The Morgan fingerprint density at radius 1 is 1.25 bits per heavy atom. The molecule has 0 saturated heterocycles. The van der Waals surface area contributed by atoms with Crippen molar-refractivity contribution < 1.29 is 13.6 Å². The Bertz CT molecular complexity index is 705. The first-order valence-electron chi connectivity index (χ1n) is 7.32. The molecule has 0 unspecified atom stereocenters. The zero-order valence-corrected chi connectivity index (χ0v) is 14.2. The highest BCUT2D eigenvalue weighted by molar-refractivity contribution is 6.45. The van der Waals surface area contributed by atoms with Gasteiger partial charge in [-0.3, -0.25) is 9.79 Å². The molecule has 1 rings (SSSR count). The Labute approximate surface area is 140 Å². The van der Waals surface area contributed by atoms with Crippen LogP contribution in [0.1, 0.15) is 26.3 Å². The van der Waals surface area contributed by atoms with E-state index in [1.807, 2.05) is 13.8 Å². The summed E-state index contributed by atoms with van der Waals surface area (Å²) in [5.41, 5.74) is 7.54. The van der Waals surface area contributed by atoms with E-state index in [0.29, 0.717) is 17.0 Å². The molecule has 0 heterocycles. The van der Waals surface area contributed by atoms with Crippen LogP contribution in [0.15, 0.2) is 46.4 Å². The fourth-order valence-electron chi connectivity index (χ4n) is 1.89. The molecule has 5 nitrogen and oxygen atoms in total. The second-order valence-electron chi connectivity index (χ2n) is 5.35. The lowest BCUT2D eigenvalue weighted by Gasteiger charge is -2.15. The number of benzene rings is 1. The predicted octanol–water partition coefficient (Wildman–Crippen LogP) is 2.36. The molecule has 0 bridgehead atoms. The van der Waals surface area contributed by atoms with Gasteiger partial charge in [0.2, 0.25) is 0 Å². The van der Waals surface area contributed by atoms with E-state index >= 15 is 0 Å². The third-order valence-electron chi connectivity index (χ3n) is 3.25. The zero-order chi connectivity index (χ0) is 18.3. The van der Waals surface area contributed by atoms with Gasteiger partial charge < -0.3 is 16.4 Å². The molecule has 0 aliphatic heterocycles. The molecule has 1 amide bonds. The van der Waals surface area contributed by atoms with Gasteiger partial charge in [-0.25, -0.2) is 8.78 Å². The quantitative estimate of drug-likeness (QED) is 0.698. The summed E-state index contributed by atoms with van der Waals surface area (Å²) < 4.78 is 26.2. The van der Waals surface area contributed by atoms with Gasteiger partial charge in [0, 0.05) is 13.6 Å². The molecular weight excluding hydrogens is 314 g/mol. The minimum Gasteiger partial charge on any atom is -0.404 e. The third kappa shape index (κ3) is 5.19. The standard InChI is InChI=1S/C17H22F2N4O/c1-10(2)16(23-17(24)15(21-4)11(3)8-20)22-9-12-5-6-13(18)14(19)7-12/h5-8,22H,9,20H2,1-4H3,(H,23,24)/b11-8-,21-15?. The topological polar surface area (TPSA) is 79.5 Å². The van der Waals surface area contributed by atoms with Gasteiger partial charge in [0.15, 0.2) is 11.6 Å². The number of carbonyl (C=O) groups excluding carboxylic acids is 1. The fourth-order valence-corrected chi connectivity index (χ4v) is 1.89. The minimum absolute atomic E-state index is 0.214. The highest BCUT2D eigenvalue weighted by Gasteiger charge is 2.14. The van der Waals surface area contributed by atoms with Crippen LogP contribution in [0.2, 0.25) is 0 Å². The van der Waals surface area contributed by atoms with E-state index in [-0.39, 0.29) is 12.3 Å². The number of allylic oxidation sites excluding steroid dienone is 1. The Morgan fingerprint density at radius 2 is 1.92 bits per heavy atom. The van der Waals surface area contributed by atoms with E-state index in [9.17, 15) is 13.6 Å². The Morgan fingerprint density at radius 3 is 2.42 bits per heavy atom. The number of hydrogen-bond donors (Lipinski definition) is 3. The summed E-state index contributed by atoms with van der Waals surface area (Å²) in [6.45, 7) is 5.52. The highest BCUT2D eigenvalue weighted by Crippen LogP contribution is 2.09. The van der Waals surface area contributed by atoms with Crippen molar-refractivity contribution in [1.29, 1.82) is 0 Å². The van der Waals surface area contributed by atoms with Crippen molar-refractivity contribution in [3.8, 4) is 0 Å². The number of nitrogens with two attached hydrogens (primary N) is 1. The van der Waals surface area contributed by atoms with Gasteiger partial charge in [-0.1, -0.05) is 6.07 Å². The van der Waals surface area contributed by atoms with Crippen LogP contribution in [0.4, 0.5) is 8.78 Å². The van der Waals surface area contributed by atoms with E-state index in [2.05, 4.69) is 15.6 Å². The number of halogens is 2. The normalized spacial score (nSPS) is 11.9. The molecule has 1 aromatic carbocycles. The lowest BCUT2D eigenvalue weighted by Crippen LogP contribution is -2.37. The third-order valence-corrected chi connectivity index (χ3v) is 3.25. The first kappa shape index (κ1) is 19.3. The van der Waals surface area contributed by atoms with E-state index in [4.69, 9.17) is 5.73 Å². The summed E-state index contributed by atoms with van der Waals surface area (Å²) in [4.78, 5) is 16.2. The molecule has 0 fully saturated rings. The van der Waals surface area contributed by atoms with Crippen molar-refractivity contribution in [3.63, 3.8) is 0 Å². The van der Waals surface area contributed by atoms with Crippen molar-refractivity contribution in [2.45, 2.75) is 27.3 Å². The minimum atomic E-state index is -0.916. The maximum absolute atomic E-state index is 13.2. The Kier molecular flexibility index (Phi) is 7.10. The molecule has 1 aromatic rings. The summed E-state index contributed by atoms with van der Waals surface area (Å²) in [7, 11) is 1.50. The molecule has 0 spiro atoms. The first-order valence-corrected chi connectivity index (χ1v) is 7.32. The average molecular weight is 336 g/mol. The fraction of sp³-hybridized carbons (Fsp3) is 0.294. The van der Waals surface area contributed by atoms with Crippen molar-refractivity contribution in [1.82, 2.24) is 10.6 Å². The smallest absolute Gasteiger partial charge is 0.275 e. The second kappa shape index (κ2) is 8.81. The molecule has 4 N–H and O–H groups in total. The number of aliphatic imine (C=N–C) groups is 1. The van der Waals surface area contributed by atoms with Gasteiger partial charge in [0.25, 0.3) is 5.91 Å². The molecule has 0 radical (unpaired) electrons. The molecule has 24 heavy (non-hydrogen) atoms. The monoisotopic (exact) mass is 336 g/mol. The number of carbonyl (C=O) groups is 1. The second-order valence-corrected chi connectivity index (χ2v) is 5.35. The van der Waals surface area contributed by atoms with Crippen molar-refractivity contribution >= 4 is 11.6 Å². The number of amides is 1. The molecule has 130 valence electrons. The molecule has 0 saturated carbocycles. The summed E-state index contributed by atoms with van der Waals surface area (Å²) in [6.07, 6.45) is 1.30. The molecule has 0 atom stereocenters. The van der Waals surface area contributed by atoms with Gasteiger partial charge in [-0.05, 0) is 55.8 Å². The van der Waals surface area contributed by atoms with Crippen molar-refractivity contribution in [2.75, 3.05) is 7.05 Å². The van der Waals surface area contributed by atoms with Crippen LogP contribution in [0.5, 0.6) is 0 Å². The van der Waals surface area contributed by atoms with Crippen LogP contribution in [0, 0.1) is 11.6 Å². The van der Waals surface area contributed by atoms with E-state index in [1.54, 1.807) is 6.92 Å². The largest absolute Gasteiger partial charge is 0.404 e. The van der Waals surface area contributed by atoms with Crippen LogP contribution in [0.3, 0.4) is 0 Å². The van der Waals surface area contributed by atoms with E-state index in [0.717, 1.165) is 17.7 Å². The van der Waals surface area contributed by atoms with Gasteiger partial charge in [-0.2, -0.15) is 0 Å². The summed E-state index contributed by atoms with van der Waals surface area (Å²) in [5, 5.41) is 5.72. The molecule has 0 aliphatic rings. The Hall–Kier alpha value is -2.70. The van der Waals surface area contributed by atoms with Crippen molar-refractivity contribution in [2.24, 2.45) is 10.7 Å². The van der Waals surface area contributed by atoms with E-state index < -0.39 is 17.5 Å². The maximum atomic E-state index is 13.2. The lowest BCUT2D eigenvalue weighted by atomic mass is 10.2. The predicted molar refractivity (Wildman–Crippen MR) is 91.0 cm³/mol. The van der Waals surface area contributed by atoms with Gasteiger partial charge in [0.1, 0.15) is 11.5 Å². The van der Waals surface area contributed by atoms with Crippen LogP contribution < -0.4 is 16.4 Å². The lowest BCUT2D eigenvalue weighted by molar-refractivity contribution is -0.114. The number of rotatable bonds is 6. The van der Waals surface area contributed by atoms with Gasteiger partial charge >= 0.3 is 0 Å². The van der Waals surface area contributed by atoms with Crippen molar-refractivity contribution in [3.05, 3.63) is 58.6 Å². The highest BCUT2D eigenvalue weighted by atomic mass is 19.2. The number of nitrogens with zero attached hydrogens (tertiary/aromatic N) is 1. The average Bonchev–Trinajstić information content (AvgIpc) is 2.54. The van der Waals surface area contributed by atoms with E-state index in [1.165, 1.54) is 19.3 Å². The molecule has 7 heteroatoms. The SMILES string of the molecule is CN=C(C(=O)NC(NCc1ccc(F)c(F)c1)=C(C)C)/C(C)=C\N. The van der Waals surface area contributed by atoms with Gasteiger partial charge in [-0.15, -0.1) is 0 Å². The van der Waals surface area contributed by atoms with Crippen LogP contribution in [0.25, 0.3) is 0 Å². The number of hydrogen-bond acceptors (Lipinski definition) is 4.